The van der Waals surface area contributed by atoms with Gasteiger partial charge in [0.15, 0.2) is 0 Å². The Hall–Kier alpha value is -1.62. The van der Waals surface area contributed by atoms with E-state index in [0.717, 1.165) is 37.4 Å². The van der Waals surface area contributed by atoms with Gasteiger partial charge in [0.05, 0.1) is 24.4 Å². The second-order valence-electron chi connectivity index (χ2n) is 4.31. The molecule has 98 valence electrons. The molecule has 0 saturated carbocycles. The van der Waals surface area contributed by atoms with E-state index < -0.39 is 0 Å². The molecule has 0 aliphatic rings. The summed E-state index contributed by atoms with van der Waals surface area (Å²) in [7, 11) is 0. The van der Waals surface area contributed by atoms with Crippen molar-refractivity contribution >= 4 is 0 Å². The maximum absolute atomic E-state index is 4.30. The zero-order valence-electron chi connectivity index (χ0n) is 11.1. The summed E-state index contributed by atoms with van der Waals surface area (Å²) in [6.45, 7) is 8.13. The van der Waals surface area contributed by atoms with Gasteiger partial charge in [-0.15, -0.1) is 0 Å². The Kier molecular flexibility index (Phi) is 4.52. The van der Waals surface area contributed by atoms with E-state index in [9.17, 15) is 0 Å². The standard InChI is InChI=1S/C13H21N5/c1-3-5-14-6-7-17-11-15-9-13(17)12-8-16-18(4-2)10-12/h8-11,14H,3-7H2,1-2H3. The average molecular weight is 247 g/mol. The molecule has 0 bridgehead atoms. The molecule has 0 aromatic carbocycles. The third-order valence-electron chi connectivity index (χ3n) is 2.92. The molecule has 2 rings (SSSR count). The molecule has 0 fully saturated rings. The highest BCUT2D eigenvalue weighted by molar-refractivity contribution is 5.56. The van der Waals surface area contributed by atoms with E-state index in [1.807, 2.05) is 23.4 Å². The van der Waals surface area contributed by atoms with Crippen LogP contribution in [0, 0.1) is 0 Å². The fourth-order valence-corrected chi connectivity index (χ4v) is 1.91. The van der Waals surface area contributed by atoms with Crippen LogP contribution >= 0.6 is 0 Å². The van der Waals surface area contributed by atoms with Crippen molar-refractivity contribution in [1.29, 1.82) is 0 Å². The summed E-state index contributed by atoms with van der Waals surface area (Å²) in [6, 6.07) is 0. The number of nitrogens with zero attached hydrogens (tertiary/aromatic N) is 4. The minimum absolute atomic E-state index is 0.895. The average Bonchev–Trinajstić information content (AvgIpc) is 3.02. The maximum Gasteiger partial charge on any atom is 0.0951 e. The quantitative estimate of drug-likeness (QED) is 0.758. The van der Waals surface area contributed by atoms with Gasteiger partial charge in [0, 0.05) is 31.4 Å². The van der Waals surface area contributed by atoms with Gasteiger partial charge in [0.25, 0.3) is 0 Å². The third-order valence-corrected chi connectivity index (χ3v) is 2.92. The van der Waals surface area contributed by atoms with Crippen molar-refractivity contribution in [2.45, 2.75) is 33.4 Å². The van der Waals surface area contributed by atoms with Crippen LogP contribution in [0.4, 0.5) is 0 Å². The highest BCUT2D eigenvalue weighted by Crippen LogP contribution is 2.17. The molecule has 5 heteroatoms. The van der Waals surface area contributed by atoms with Gasteiger partial charge in [-0.25, -0.2) is 4.98 Å². The van der Waals surface area contributed by atoms with Gasteiger partial charge in [-0.1, -0.05) is 6.92 Å². The second-order valence-corrected chi connectivity index (χ2v) is 4.31. The summed E-state index contributed by atoms with van der Waals surface area (Å²) in [5, 5.41) is 7.70. The molecule has 0 spiro atoms. The molecule has 0 radical (unpaired) electrons. The Morgan fingerprint density at radius 3 is 2.83 bits per heavy atom. The van der Waals surface area contributed by atoms with Crippen LogP contribution in [0.25, 0.3) is 11.3 Å². The first-order chi connectivity index (χ1) is 8.85. The van der Waals surface area contributed by atoms with E-state index >= 15 is 0 Å². The van der Waals surface area contributed by atoms with Crippen molar-refractivity contribution in [3.05, 3.63) is 24.9 Å². The van der Waals surface area contributed by atoms with Gasteiger partial charge in [-0.3, -0.25) is 4.68 Å². The van der Waals surface area contributed by atoms with Gasteiger partial charge in [-0.2, -0.15) is 5.10 Å². The minimum atomic E-state index is 0.895. The van der Waals surface area contributed by atoms with Gasteiger partial charge < -0.3 is 9.88 Å². The summed E-state index contributed by atoms with van der Waals surface area (Å²) in [4.78, 5) is 4.23. The molecule has 0 unspecified atom stereocenters. The van der Waals surface area contributed by atoms with E-state index in [1.165, 1.54) is 6.42 Å². The van der Waals surface area contributed by atoms with E-state index in [-0.39, 0.29) is 0 Å². The molecule has 0 atom stereocenters. The molecule has 18 heavy (non-hydrogen) atoms. The van der Waals surface area contributed by atoms with Crippen LogP contribution in [0.3, 0.4) is 0 Å². The molecule has 5 nitrogen and oxygen atoms in total. The van der Waals surface area contributed by atoms with Crippen LogP contribution in [0.1, 0.15) is 20.3 Å². The zero-order valence-corrected chi connectivity index (χ0v) is 11.1. The lowest BCUT2D eigenvalue weighted by molar-refractivity contribution is 0.596. The number of imidazole rings is 1. The van der Waals surface area contributed by atoms with Crippen LogP contribution in [-0.4, -0.2) is 32.4 Å². The summed E-state index contributed by atoms with van der Waals surface area (Å²) >= 11 is 0. The van der Waals surface area contributed by atoms with Crippen molar-refractivity contribution in [2.24, 2.45) is 0 Å². The zero-order chi connectivity index (χ0) is 12.8. The largest absolute Gasteiger partial charge is 0.329 e. The van der Waals surface area contributed by atoms with E-state index in [0.29, 0.717) is 0 Å². The van der Waals surface area contributed by atoms with Gasteiger partial charge in [0.2, 0.25) is 0 Å². The van der Waals surface area contributed by atoms with Crippen LogP contribution in [0.5, 0.6) is 0 Å². The van der Waals surface area contributed by atoms with E-state index in [4.69, 9.17) is 0 Å². The van der Waals surface area contributed by atoms with Crippen LogP contribution in [0.15, 0.2) is 24.9 Å². The Balaban J connectivity index is 2.02. The monoisotopic (exact) mass is 247 g/mol. The molecular formula is C13H21N5. The van der Waals surface area contributed by atoms with Gasteiger partial charge >= 0.3 is 0 Å². The molecular weight excluding hydrogens is 226 g/mol. The fraction of sp³-hybridized carbons (Fsp3) is 0.538. The molecule has 0 aliphatic heterocycles. The van der Waals surface area contributed by atoms with Crippen molar-refractivity contribution in [2.75, 3.05) is 13.1 Å². The second kappa shape index (κ2) is 6.35. The third kappa shape index (κ3) is 2.98. The number of hydrogen-bond donors (Lipinski definition) is 1. The number of hydrogen-bond acceptors (Lipinski definition) is 3. The summed E-state index contributed by atoms with van der Waals surface area (Å²) in [5.74, 6) is 0. The van der Waals surface area contributed by atoms with Crippen LogP contribution < -0.4 is 5.32 Å². The highest BCUT2D eigenvalue weighted by Gasteiger charge is 2.06. The molecule has 2 heterocycles. The lowest BCUT2D eigenvalue weighted by Gasteiger charge is -2.07. The Morgan fingerprint density at radius 2 is 2.11 bits per heavy atom. The number of nitrogens with one attached hydrogen (secondary N) is 1. The summed E-state index contributed by atoms with van der Waals surface area (Å²) in [5.41, 5.74) is 2.26. The first-order valence-electron chi connectivity index (χ1n) is 6.58. The Labute approximate surface area is 108 Å². The molecule has 2 aromatic rings. The smallest absolute Gasteiger partial charge is 0.0951 e. The first kappa shape index (κ1) is 12.8. The van der Waals surface area contributed by atoms with Crippen molar-refractivity contribution in [3.63, 3.8) is 0 Å². The van der Waals surface area contributed by atoms with Crippen molar-refractivity contribution in [1.82, 2.24) is 24.6 Å². The maximum atomic E-state index is 4.30. The number of aromatic nitrogens is 4. The van der Waals surface area contributed by atoms with Crippen molar-refractivity contribution in [3.8, 4) is 11.3 Å². The molecule has 0 amide bonds. The highest BCUT2D eigenvalue weighted by atomic mass is 15.3. The first-order valence-corrected chi connectivity index (χ1v) is 6.58. The van der Waals surface area contributed by atoms with Gasteiger partial charge in [-0.05, 0) is 19.9 Å². The lowest BCUT2D eigenvalue weighted by atomic mass is 10.3. The molecule has 1 N–H and O–H groups in total. The topological polar surface area (TPSA) is 47.7 Å². The Morgan fingerprint density at radius 1 is 1.22 bits per heavy atom. The van der Waals surface area contributed by atoms with Crippen LogP contribution in [0.2, 0.25) is 0 Å². The van der Waals surface area contributed by atoms with Crippen molar-refractivity contribution < 1.29 is 0 Å². The summed E-state index contributed by atoms with van der Waals surface area (Å²) in [6.07, 6.45) is 8.91. The van der Waals surface area contributed by atoms with Gasteiger partial charge in [0.1, 0.15) is 0 Å². The predicted octanol–water partition coefficient (Wildman–Crippen LogP) is 1.77. The summed E-state index contributed by atoms with van der Waals surface area (Å²) < 4.78 is 4.10. The van der Waals surface area contributed by atoms with E-state index in [1.54, 1.807) is 0 Å². The fourth-order valence-electron chi connectivity index (χ4n) is 1.91. The molecule has 2 aromatic heterocycles. The lowest BCUT2D eigenvalue weighted by Crippen LogP contribution is -2.20. The van der Waals surface area contributed by atoms with Crippen LogP contribution in [-0.2, 0) is 13.1 Å². The normalized spacial score (nSPS) is 11.0. The Bertz CT molecular complexity index is 471. The SMILES string of the molecule is CCCNCCn1cncc1-c1cnn(CC)c1. The molecule has 0 saturated heterocycles. The number of aryl methyl sites for hydroxylation is 1. The molecule has 0 aliphatic carbocycles. The van der Waals surface area contributed by atoms with E-state index in [2.05, 4.69) is 40.0 Å². The minimum Gasteiger partial charge on any atom is -0.329 e. The number of rotatable bonds is 7. The predicted molar refractivity (Wildman–Crippen MR) is 72.3 cm³/mol.